The Morgan fingerprint density at radius 1 is 1.22 bits per heavy atom. The van der Waals surface area contributed by atoms with E-state index in [1.807, 2.05) is 0 Å². The highest BCUT2D eigenvalue weighted by atomic mass is 16.2. The summed E-state index contributed by atoms with van der Waals surface area (Å²) in [5.74, 6) is 1.20. The van der Waals surface area contributed by atoms with Gasteiger partial charge in [-0.05, 0) is 44.9 Å². The van der Waals surface area contributed by atoms with Crippen molar-refractivity contribution in [2.24, 2.45) is 5.92 Å². The van der Waals surface area contributed by atoms with Gasteiger partial charge < -0.3 is 4.90 Å². The predicted molar refractivity (Wildman–Crippen MR) is 74.2 cm³/mol. The standard InChI is InChI=1S/C15H28N2O/c1-4-5-6-14-15(18)17(12(3)16-14)13-9-7-11(2)8-10-13/h11-14,16H,4-10H2,1-3H3. The highest BCUT2D eigenvalue weighted by Gasteiger charge is 2.40. The normalized spacial score (nSPS) is 37.3. The second-order valence-corrected chi connectivity index (χ2v) is 6.20. The third-order valence-electron chi connectivity index (χ3n) is 4.64. The van der Waals surface area contributed by atoms with Gasteiger partial charge in [0.25, 0.3) is 0 Å². The number of carbonyl (C=O) groups excluding carboxylic acids is 1. The number of carbonyl (C=O) groups is 1. The van der Waals surface area contributed by atoms with Crippen LogP contribution in [0.1, 0.15) is 65.7 Å². The van der Waals surface area contributed by atoms with Crippen LogP contribution in [-0.4, -0.2) is 29.1 Å². The predicted octanol–water partition coefficient (Wildman–Crippen LogP) is 2.90. The Balaban J connectivity index is 1.94. The molecule has 0 aromatic rings. The first kappa shape index (κ1) is 13.9. The van der Waals surface area contributed by atoms with Crippen molar-refractivity contribution in [2.45, 2.75) is 84.0 Å². The summed E-state index contributed by atoms with van der Waals surface area (Å²) < 4.78 is 0. The molecule has 3 heteroatoms. The molecule has 104 valence electrons. The Labute approximate surface area is 111 Å². The van der Waals surface area contributed by atoms with E-state index >= 15 is 0 Å². The minimum atomic E-state index is 0.0827. The zero-order valence-electron chi connectivity index (χ0n) is 12.1. The van der Waals surface area contributed by atoms with Gasteiger partial charge in [0, 0.05) is 6.04 Å². The molecule has 2 fully saturated rings. The lowest BCUT2D eigenvalue weighted by Gasteiger charge is -2.35. The molecule has 1 saturated heterocycles. The molecule has 1 N–H and O–H groups in total. The van der Waals surface area contributed by atoms with Crippen molar-refractivity contribution in [3.8, 4) is 0 Å². The zero-order chi connectivity index (χ0) is 13.1. The molecule has 2 aliphatic rings. The molecule has 2 unspecified atom stereocenters. The van der Waals surface area contributed by atoms with Gasteiger partial charge in [0.2, 0.25) is 5.91 Å². The maximum atomic E-state index is 12.5. The molecule has 0 bridgehead atoms. The fraction of sp³-hybridized carbons (Fsp3) is 0.933. The van der Waals surface area contributed by atoms with Crippen LogP contribution in [0.2, 0.25) is 0 Å². The second kappa shape index (κ2) is 6.05. The largest absolute Gasteiger partial charge is 0.323 e. The van der Waals surface area contributed by atoms with Gasteiger partial charge in [0.15, 0.2) is 0 Å². The topological polar surface area (TPSA) is 32.3 Å². The van der Waals surface area contributed by atoms with E-state index in [0.717, 1.165) is 18.8 Å². The highest BCUT2D eigenvalue weighted by molar-refractivity contribution is 5.84. The molecule has 0 aromatic heterocycles. The van der Waals surface area contributed by atoms with Gasteiger partial charge in [-0.25, -0.2) is 0 Å². The van der Waals surface area contributed by atoms with Crippen LogP contribution in [0.15, 0.2) is 0 Å². The first-order valence-corrected chi connectivity index (χ1v) is 7.71. The van der Waals surface area contributed by atoms with E-state index in [9.17, 15) is 4.79 Å². The minimum absolute atomic E-state index is 0.0827. The summed E-state index contributed by atoms with van der Waals surface area (Å²) in [6.07, 6.45) is 8.49. The Bertz CT molecular complexity index is 284. The summed E-state index contributed by atoms with van der Waals surface area (Å²) in [6, 6.07) is 0.571. The van der Waals surface area contributed by atoms with Gasteiger partial charge in [-0.15, -0.1) is 0 Å². The number of hydrogen-bond donors (Lipinski definition) is 1. The lowest BCUT2D eigenvalue weighted by atomic mass is 9.86. The quantitative estimate of drug-likeness (QED) is 0.834. The molecular weight excluding hydrogens is 224 g/mol. The molecule has 2 rings (SSSR count). The van der Waals surface area contributed by atoms with Crippen LogP contribution in [0, 0.1) is 5.92 Å². The van der Waals surface area contributed by atoms with Gasteiger partial charge >= 0.3 is 0 Å². The molecule has 0 aromatic carbocycles. The van der Waals surface area contributed by atoms with Crippen LogP contribution in [0.5, 0.6) is 0 Å². The lowest BCUT2D eigenvalue weighted by molar-refractivity contribution is -0.133. The van der Waals surface area contributed by atoms with Gasteiger partial charge in [-0.2, -0.15) is 0 Å². The Kier molecular flexibility index (Phi) is 4.66. The van der Waals surface area contributed by atoms with Crippen LogP contribution in [-0.2, 0) is 4.79 Å². The number of nitrogens with one attached hydrogen (secondary N) is 1. The van der Waals surface area contributed by atoms with Crippen LogP contribution in [0.4, 0.5) is 0 Å². The first-order valence-electron chi connectivity index (χ1n) is 7.71. The molecular formula is C15H28N2O. The van der Waals surface area contributed by atoms with Crippen molar-refractivity contribution >= 4 is 5.91 Å². The van der Waals surface area contributed by atoms with E-state index in [1.54, 1.807) is 0 Å². The first-order chi connectivity index (χ1) is 8.63. The summed E-state index contributed by atoms with van der Waals surface area (Å²) in [4.78, 5) is 14.6. The minimum Gasteiger partial charge on any atom is -0.323 e. The molecule has 0 radical (unpaired) electrons. The van der Waals surface area contributed by atoms with Gasteiger partial charge in [-0.3, -0.25) is 10.1 Å². The van der Waals surface area contributed by atoms with Crippen LogP contribution >= 0.6 is 0 Å². The molecule has 18 heavy (non-hydrogen) atoms. The SMILES string of the molecule is CCCCC1NC(C)N(C2CCC(C)CC2)C1=O. The van der Waals surface area contributed by atoms with Gasteiger partial charge in [-0.1, -0.05) is 26.7 Å². The maximum absolute atomic E-state index is 12.5. The van der Waals surface area contributed by atoms with Crippen molar-refractivity contribution in [3.05, 3.63) is 0 Å². The number of hydrogen-bond acceptors (Lipinski definition) is 2. The van der Waals surface area contributed by atoms with Gasteiger partial charge in [0.05, 0.1) is 12.2 Å². The van der Waals surface area contributed by atoms with E-state index < -0.39 is 0 Å². The summed E-state index contributed by atoms with van der Waals surface area (Å²) in [5.41, 5.74) is 0. The molecule has 1 amide bonds. The van der Waals surface area contributed by atoms with E-state index in [2.05, 4.69) is 31.0 Å². The average Bonchev–Trinajstić information content (AvgIpc) is 2.63. The second-order valence-electron chi connectivity index (χ2n) is 6.20. The monoisotopic (exact) mass is 252 g/mol. The van der Waals surface area contributed by atoms with Crippen molar-refractivity contribution in [1.82, 2.24) is 10.2 Å². The number of rotatable bonds is 4. The van der Waals surface area contributed by atoms with Crippen molar-refractivity contribution < 1.29 is 4.79 Å². The third kappa shape index (κ3) is 2.87. The summed E-state index contributed by atoms with van der Waals surface area (Å²) in [6.45, 7) is 6.65. The van der Waals surface area contributed by atoms with Gasteiger partial charge in [0.1, 0.15) is 0 Å². The van der Waals surface area contributed by atoms with E-state index in [0.29, 0.717) is 11.9 Å². The fourth-order valence-corrected chi connectivity index (χ4v) is 3.45. The molecule has 1 aliphatic heterocycles. The van der Waals surface area contributed by atoms with Crippen molar-refractivity contribution in [3.63, 3.8) is 0 Å². The number of nitrogens with zero attached hydrogens (tertiary/aromatic N) is 1. The summed E-state index contributed by atoms with van der Waals surface area (Å²) >= 11 is 0. The van der Waals surface area contributed by atoms with E-state index in [1.165, 1.54) is 32.1 Å². The van der Waals surface area contributed by atoms with E-state index in [-0.39, 0.29) is 12.2 Å². The van der Waals surface area contributed by atoms with Crippen molar-refractivity contribution in [1.29, 1.82) is 0 Å². The highest BCUT2D eigenvalue weighted by Crippen LogP contribution is 2.30. The summed E-state index contributed by atoms with van der Waals surface area (Å²) in [7, 11) is 0. The number of unbranched alkanes of at least 4 members (excludes halogenated alkanes) is 1. The Morgan fingerprint density at radius 3 is 2.50 bits per heavy atom. The fourth-order valence-electron chi connectivity index (χ4n) is 3.45. The molecule has 3 nitrogen and oxygen atoms in total. The summed E-state index contributed by atoms with van der Waals surface area (Å²) in [5, 5.41) is 3.47. The Hall–Kier alpha value is -0.570. The molecule has 2 atom stereocenters. The average molecular weight is 252 g/mol. The maximum Gasteiger partial charge on any atom is 0.241 e. The molecule has 1 heterocycles. The smallest absolute Gasteiger partial charge is 0.241 e. The zero-order valence-corrected chi connectivity index (χ0v) is 12.1. The number of amides is 1. The van der Waals surface area contributed by atoms with E-state index in [4.69, 9.17) is 0 Å². The third-order valence-corrected chi connectivity index (χ3v) is 4.64. The molecule has 1 aliphatic carbocycles. The van der Waals surface area contributed by atoms with Crippen LogP contribution in [0.3, 0.4) is 0 Å². The van der Waals surface area contributed by atoms with Crippen LogP contribution in [0.25, 0.3) is 0 Å². The Morgan fingerprint density at radius 2 is 1.89 bits per heavy atom. The lowest BCUT2D eigenvalue weighted by Crippen LogP contribution is -2.44. The van der Waals surface area contributed by atoms with Crippen molar-refractivity contribution in [2.75, 3.05) is 0 Å². The molecule has 1 saturated carbocycles. The van der Waals surface area contributed by atoms with Crippen LogP contribution < -0.4 is 5.32 Å². The molecule has 0 spiro atoms.